The van der Waals surface area contributed by atoms with Crippen LogP contribution in [0, 0.1) is 5.92 Å². The second kappa shape index (κ2) is 7.59. The van der Waals surface area contributed by atoms with Gasteiger partial charge in [0, 0.05) is 23.0 Å². The minimum atomic E-state index is -0.909. The molecule has 24 heavy (non-hydrogen) atoms. The van der Waals surface area contributed by atoms with Crippen LogP contribution in [0.5, 0.6) is 0 Å². The third-order valence-electron chi connectivity index (χ3n) is 3.36. The predicted octanol–water partition coefficient (Wildman–Crippen LogP) is 2.45. The van der Waals surface area contributed by atoms with Gasteiger partial charge < -0.3 is 15.4 Å². The van der Waals surface area contributed by atoms with E-state index in [0.717, 1.165) is 5.69 Å². The van der Waals surface area contributed by atoms with Crippen molar-refractivity contribution in [2.45, 2.75) is 26.7 Å². The number of H-pyrrole nitrogens is 1. The van der Waals surface area contributed by atoms with Crippen molar-refractivity contribution in [1.82, 2.24) is 4.98 Å². The van der Waals surface area contributed by atoms with E-state index in [1.807, 2.05) is 13.8 Å². The average Bonchev–Trinajstić information content (AvgIpc) is 2.47. The Morgan fingerprint density at radius 3 is 2.42 bits per heavy atom. The van der Waals surface area contributed by atoms with Crippen LogP contribution in [-0.2, 0) is 17.6 Å². The first-order valence-electron chi connectivity index (χ1n) is 7.69. The van der Waals surface area contributed by atoms with Crippen LogP contribution in [0.15, 0.2) is 41.2 Å². The number of aromatic nitrogens is 1. The van der Waals surface area contributed by atoms with Crippen molar-refractivity contribution in [3.05, 3.63) is 63.6 Å². The SMILES string of the molecule is CC(C)Cc1cc(C(=O)Nc2ccc(CC(=O)O)cc2)cc(=O)[nH]1. The second-order valence-electron chi connectivity index (χ2n) is 6.08. The molecule has 0 atom stereocenters. The molecule has 1 amide bonds. The van der Waals surface area contributed by atoms with Gasteiger partial charge in [-0.2, -0.15) is 0 Å². The van der Waals surface area contributed by atoms with Gasteiger partial charge in [-0.15, -0.1) is 0 Å². The van der Waals surface area contributed by atoms with E-state index < -0.39 is 5.97 Å². The quantitative estimate of drug-likeness (QED) is 0.758. The molecular weight excluding hydrogens is 308 g/mol. The lowest BCUT2D eigenvalue weighted by Crippen LogP contribution is -2.18. The highest BCUT2D eigenvalue weighted by Crippen LogP contribution is 2.12. The summed E-state index contributed by atoms with van der Waals surface area (Å²) in [7, 11) is 0. The summed E-state index contributed by atoms with van der Waals surface area (Å²) in [6, 6.07) is 9.50. The van der Waals surface area contributed by atoms with Crippen LogP contribution in [0.4, 0.5) is 5.69 Å². The lowest BCUT2D eigenvalue weighted by Gasteiger charge is -2.09. The van der Waals surface area contributed by atoms with Crippen molar-refractivity contribution in [3.63, 3.8) is 0 Å². The third-order valence-corrected chi connectivity index (χ3v) is 3.36. The van der Waals surface area contributed by atoms with Gasteiger partial charge in [-0.25, -0.2) is 0 Å². The molecule has 0 aliphatic rings. The highest BCUT2D eigenvalue weighted by molar-refractivity contribution is 6.04. The first-order chi connectivity index (χ1) is 11.3. The largest absolute Gasteiger partial charge is 0.481 e. The number of amides is 1. The average molecular weight is 328 g/mol. The summed E-state index contributed by atoms with van der Waals surface area (Å²) in [5.41, 5.74) is 1.90. The summed E-state index contributed by atoms with van der Waals surface area (Å²) in [6.45, 7) is 4.06. The fourth-order valence-electron chi connectivity index (χ4n) is 2.37. The zero-order valence-electron chi connectivity index (χ0n) is 13.6. The van der Waals surface area contributed by atoms with Crippen molar-refractivity contribution < 1.29 is 14.7 Å². The predicted molar refractivity (Wildman–Crippen MR) is 91.3 cm³/mol. The zero-order valence-corrected chi connectivity index (χ0v) is 13.6. The van der Waals surface area contributed by atoms with Crippen molar-refractivity contribution >= 4 is 17.6 Å². The van der Waals surface area contributed by atoms with Crippen LogP contribution in [0.3, 0.4) is 0 Å². The Morgan fingerprint density at radius 2 is 1.83 bits per heavy atom. The molecule has 1 aromatic heterocycles. The van der Waals surface area contributed by atoms with E-state index in [2.05, 4.69) is 10.3 Å². The lowest BCUT2D eigenvalue weighted by molar-refractivity contribution is -0.136. The Morgan fingerprint density at radius 1 is 1.17 bits per heavy atom. The molecule has 126 valence electrons. The smallest absolute Gasteiger partial charge is 0.307 e. The maximum absolute atomic E-state index is 12.3. The number of carboxylic acid groups (broad SMARTS) is 1. The van der Waals surface area contributed by atoms with E-state index in [4.69, 9.17) is 5.11 Å². The zero-order chi connectivity index (χ0) is 17.7. The Labute approximate surface area is 139 Å². The van der Waals surface area contributed by atoms with Gasteiger partial charge in [-0.05, 0) is 36.1 Å². The Balaban J connectivity index is 2.13. The van der Waals surface area contributed by atoms with Crippen LogP contribution in [0.1, 0.15) is 35.5 Å². The summed E-state index contributed by atoms with van der Waals surface area (Å²) in [5.74, 6) is -0.925. The summed E-state index contributed by atoms with van der Waals surface area (Å²) in [5, 5.41) is 11.4. The van der Waals surface area contributed by atoms with Gasteiger partial charge in [-0.3, -0.25) is 14.4 Å². The van der Waals surface area contributed by atoms with E-state index in [0.29, 0.717) is 29.2 Å². The molecule has 0 saturated heterocycles. The van der Waals surface area contributed by atoms with E-state index in [1.165, 1.54) is 6.07 Å². The summed E-state index contributed by atoms with van der Waals surface area (Å²) >= 11 is 0. The summed E-state index contributed by atoms with van der Waals surface area (Å²) in [6.07, 6.45) is 0.612. The van der Waals surface area contributed by atoms with E-state index >= 15 is 0 Å². The Kier molecular flexibility index (Phi) is 5.52. The fourth-order valence-corrected chi connectivity index (χ4v) is 2.37. The number of hydrogen-bond acceptors (Lipinski definition) is 3. The number of carboxylic acids is 1. The third kappa shape index (κ3) is 5.08. The van der Waals surface area contributed by atoms with Crippen LogP contribution in [0.2, 0.25) is 0 Å². The van der Waals surface area contributed by atoms with Crippen molar-refractivity contribution in [3.8, 4) is 0 Å². The number of aliphatic carboxylic acids is 1. The van der Waals surface area contributed by atoms with E-state index in [1.54, 1.807) is 30.3 Å². The molecule has 2 rings (SSSR count). The van der Waals surface area contributed by atoms with Gasteiger partial charge in [0.15, 0.2) is 0 Å². The molecule has 0 aliphatic carbocycles. The molecule has 0 bridgehead atoms. The van der Waals surface area contributed by atoms with Gasteiger partial charge in [0.1, 0.15) is 0 Å². The summed E-state index contributed by atoms with van der Waals surface area (Å²) in [4.78, 5) is 37.4. The van der Waals surface area contributed by atoms with Crippen molar-refractivity contribution in [2.24, 2.45) is 5.92 Å². The minimum absolute atomic E-state index is 0.0686. The Bertz CT molecular complexity index is 791. The van der Waals surface area contributed by atoms with E-state index in [-0.39, 0.29) is 17.9 Å². The number of carbonyl (C=O) groups is 2. The van der Waals surface area contributed by atoms with E-state index in [9.17, 15) is 14.4 Å². The first kappa shape index (κ1) is 17.5. The number of anilines is 1. The summed E-state index contributed by atoms with van der Waals surface area (Å²) < 4.78 is 0. The normalized spacial score (nSPS) is 10.6. The molecule has 0 radical (unpaired) electrons. The molecule has 2 aromatic rings. The monoisotopic (exact) mass is 328 g/mol. The van der Waals surface area contributed by atoms with Crippen molar-refractivity contribution in [2.75, 3.05) is 5.32 Å². The van der Waals surface area contributed by atoms with Crippen LogP contribution in [0.25, 0.3) is 0 Å². The molecule has 6 heteroatoms. The lowest BCUT2D eigenvalue weighted by atomic mass is 10.1. The minimum Gasteiger partial charge on any atom is -0.481 e. The number of carbonyl (C=O) groups excluding carboxylic acids is 1. The maximum atomic E-state index is 12.3. The first-order valence-corrected chi connectivity index (χ1v) is 7.69. The van der Waals surface area contributed by atoms with Gasteiger partial charge in [0.05, 0.1) is 6.42 Å². The highest BCUT2D eigenvalue weighted by atomic mass is 16.4. The highest BCUT2D eigenvalue weighted by Gasteiger charge is 2.10. The fraction of sp³-hybridized carbons (Fsp3) is 0.278. The van der Waals surface area contributed by atoms with Gasteiger partial charge in [-0.1, -0.05) is 26.0 Å². The van der Waals surface area contributed by atoms with Gasteiger partial charge >= 0.3 is 5.97 Å². The molecule has 0 aliphatic heterocycles. The molecule has 3 N–H and O–H groups in total. The van der Waals surface area contributed by atoms with Gasteiger partial charge in [0.25, 0.3) is 5.91 Å². The Hall–Kier alpha value is -2.89. The molecule has 0 spiro atoms. The van der Waals surface area contributed by atoms with Crippen LogP contribution < -0.4 is 10.9 Å². The number of pyridine rings is 1. The molecule has 1 aromatic carbocycles. The topological polar surface area (TPSA) is 99.3 Å². The molecule has 0 unspecified atom stereocenters. The number of hydrogen-bond donors (Lipinski definition) is 3. The molecular formula is C18H20N2O4. The molecule has 0 saturated carbocycles. The van der Waals surface area contributed by atoms with Crippen molar-refractivity contribution in [1.29, 1.82) is 0 Å². The number of aromatic amines is 1. The molecule has 1 heterocycles. The number of benzene rings is 1. The second-order valence-corrected chi connectivity index (χ2v) is 6.08. The maximum Gasteiger partial charge on any atom is 0.307 e. The number of nitrogens with one attached hydrogen (secondary N) is 2. The van der Waals surface area contributed by atoms with Crippen LogP contribution in [-0.4, -0.2) is 22.0 Å². The van der Waals surface area contributed by atoms with Gasteiger partial charge in [0.2, 0.25) is 5.56 Å². The van der Waals surface area contributed by atoms with Crippen LogP contribution >= 0.6 is 0 Å². The molecule has 6 nitrogen and oxygen atoms in total. The number of rotatable bonds is 6. The molecule has 0 fully saturated rings. The standard InChI is InChI=1S/C18H20N2O4/c1-11(2)7-15-9-13(10-16(21)19-15)18(24)20-14-5-3-12(4-6-14)8-17(22)23/h3-6,9-11H,7-8H2,1-2H3,(H,19,21)(H,20,24)(H,22,23).